The van der Waals surface area contributed by atoms with Gasteiger partial charge in [-0.2, -0.15) is 13.1 Å². The topological polar surface area (TPSA) is 80.2 Å². The lowest BCUT2D eigenvalue weighted by Gasteiger charge is -2.31. The monoisotopic (exact) mass is 235 g/mol. The quantitative estimate of drug-likeness (QED) is 0.600. The minimum absolute atomic E-state index is 0.192. The number of rotatable bonds is 1. The Kier molecular flexibility index (Phi) is 2.91. The van der Waals surface area contributed by atoms with Crippen LogP contribution in [0.2, 0.25) is 0 Å². The second-order valence-corrected chi connectivity index (χ2v) is 4.65. The summed E-state index contributed by atoms with van der Waals surface area (Å²) < 4.78 is 38.4. The van der Waals surface area contributed by atoms with Gasteiger partial charge >= 0.3 is 10.2 Å². The first-order valence-electron chi connectivity index (χ1n) is 4.60. The van der Waals surface area contributed by atoms with E-state index in [-0.39, 0.29) is 5.90 Å². The van der Waals surface area contributed by atoms with Gasteiger partial charge in [0.15, 0.2) is 6.17 Å². The molecule has 7 nitrogen and oxygen atoms in total. The first kappa shape index (κ1) is 10.8. The van der Waals surface area contributed by atoms with Crippen LogP contribution in [0.3, 0.4) is 0 Å². The van der Waals surface area contributed by atoms with Crippen LogP contribution < -0.4 is 4.72 Å². The fraction of sp³-hybridized carbons (Fsp3) is 0.857. The molecule has 1 N–H and O–H groups in total. The van der Waals surface area contributed by atoms with Gasteiger partial charge in [-0.05, 0) is 0 Å². The van der Waals surface area contributed by atoms with Crippen LogP contribution in [0.1, 0.15) is 0 Å². The van der Waals surface area contributed by atoms with Crippen LogP contribution in [0.25, 0.3) is 0 Å². The number of methoxy groups -OCH3 is 1. The molecule has 2 aliphatic rings. The molecule has 0 aromatic rings. The van der Waals surface area contributed by atoms with Gasteiger partial charge in [0.1, 0.15) is 0 Å². The highest BCUT2D eigenvalue weighted by Gasteiger charge is 2.36. The average molecular weight is 235 g/mol. The van der Waals surface area contributed by atoms with E-state index >= 15 is 0 Å². The van der Waals surface area contributed by atoms with Gasteiger partial charge in [-0.25, -0.2) is 0 Å². The number of nitrogens with one attached hydrogen (secondary N) is 1. The van der Waals surface area contributed by atoms with Gasteiger partial charge in [0.05, 0.1) is 20.3 Å². The molecule has 2 rings (SSSR count). The van der Waals surface area contributed by atoms with Crippen LogP contribution in [0.5, 0.6) is 0 Å². The maximum absolute atomic E-state index is 11.2. The van der Waals surface area contributed by atoms with Crippen molar-refractivity contribution in [2.24, 2.45) is 4.40 Å². The molecular formula is C7H13N3O4S. The number of morpholine rings is 1. The number of nitrogens with zero attached hydrogens (tertiary/aromatic N) is 2. The third-order valence-corrected chi connectivity index (χ3v) is 3.27. The Morgan fingerprint density at radius 3 is 2.80 bits per heavy atom. The highest BCUT2D eigenvalue weighted by atomic mass is 32.2. The van der Waals surface area contributed by atoms with E-state index < -0.39 is 16.4 Å². The summed E-state index contributed by atoms with van der Waals surface area (Å²) in [5, 5.41) is 0. The molecule has 0 aliphatic carbocycles. The minimum atomic E-state index is -3.58. The summed E-state index contributed by atoms with van der Waals surface area (Å²) in [6.07, 6.45) is -0.483. The molecule has 8 heteroatoms. The Labute approximate surface area is 88.2 Å². The predicted octanol–water partition coefficient (Wildman–Crippen LogP) is -1.46. The van der Waals surface area contributed by atoms with Crippen molar-refractivity contribution in [3.8, 4) is 0 Å². The maximum Gasteiger partial charge on any atom is 0.324 e. The zero-order chi connectivity index (χ0) is 10.9. The molecular weight excluding hydrogens is 222 g/mol. The molecule has 0 aromatic carbocycles. The Bertz CT molecular complexity index is 360. The normalized spacial score (nSPS) is 31.3. The first-order valence-corrected chi connectivity index (χ1v) is 6.04. The van der Waals surface area contributed by atoms with Gasteiger partial charge in [-0.3, -0.25) is 4.90 Å². The van der Waals surface area contributed by atoms with Gasteiger partial charge in [0, 0.05) is 13.1 Å². The lowest BCUT2D eigenvalue weighted by atomic mass is 10.3. The number of hydrogen-bond donors (Lipinski definition) is 1. The zero-order valence-corrected chi connectivity index (χ0v) is 9.16. The molecule has 1 saturated heterocycles. The lowest BCUT2D eigenvalue weighted by Crippen LogP contribution is -2.52. The van der Waals surface area contributed by atoms with E-state index in [2.05, 4.69) is 9.12 Å². The van der Waals surface area contributed by atoms with Crippen molar-refractivity contribution >= 4 is 16.1 Å². The molecule has 1 fully saturated rings. The molecule has 0 radical (unpaired) electrons. The molecule has 86 valence electrons. The van der Waals surface area contributed by atoms with Crippen molar-refractivity contribution in [1.82, 2.24) is 9.62 Å². The SMILES string of the molecule is COC1=NS(=O)(=O)NC1N1CCOCC1. The first-order chi connectivity index (χ1) is 7.12. The summed E-state index contributed by atoms with van der Waals surface area (Å²) in [6.45, 7) is 2.51. The zero-order valence-electron chi connectivity index (χ0n) is 8.34. The molecule has 2 heterocycles. The Hall–Kier alpha value is -0.700. The molecule has 0 amide bonds. The summed E-state index contributed by atoms with van der Waals surface area (Å²) in [6, 6.07) is 0. The van der Waals surface area contributed by atoms with Gasteiger partial charge in [-0.15, -0.1) is 4.40 Å². The second kappa shape index (κ2) is 4.05. The van der Waals surface area contributed by atoms with Gasteiger partial charge in [-0.1, -0.05) is 0 Å². The summed E-state index contributed by atoms with van der Waals surface area (Å²) in [4.78, 5) is 1.93. The molecule has 0 aromatic heterocycles. The predicted molar refractivity (Wildman–Crippen MR) is 52.7 cm³/mol. The van der Waals surface area contributed by atoms with Crippen molar-refractivity contribution in [2.45, 2.75) is 6.17 Å². The van der Waals surface area contributed by atoms with Crippen LogP contribution in [0, 0.1) is 0 Å². The van der Waals surface area contributed by atoms with Crippen molar-refractivity contribution in [3.63, 3.8) is 0 Å². The molecule has 0 saturated carbocycles. The molecule has 0 bridgehead atoms. The molecule has 0 spiro atoms. The Morgan fingerprint density at radius 2 is 2.20 bits per heavy atom. The van der Waals surface area contributed by atoms with Crippen LogP contribution in [-0.4, -0.2) is 58.8 Å². The van der Waals surface area contributed by atoms with E-state index in [4.69, 9.17) is 9.47 Å². The summed E-state index contributed by atoms with van der Waals surface area (Å²) in [5.41, 5.74) is 0. The van der Waals surface area contributed by atoms with Crippen molar-refractivity contribution in [1.29, 1.82) is 0 Å². The summed E-state index contributed by atoms with van der Waals surface area (Å²) in [7, 11) is -2.16. The summed E-state index contributed by atoms with van der Waals surface area (Å²) >= 11 is 0. The van der Waals surface area contributed by atoms with Crippen molar-refractivity contribution in [3.05, 3.63) is 0 Å². The number of hydrogen-bond acceptors (Lipinski definition) is 5. The van der Waals surface area contributed by atoms with Crippen molar-refractivity contribution < 1.29 is 17.9 Å². The third-order valence-electron chi connectivity index (χ3n) is 2.32. The minimum Gasteiger partial charge on any atom is -0.481 e. The van der Waals surface area contributed by atoms with Crippen LogP contribution in [0.15, 0.2) is 4.40 Å². The smallest absolute Gasteiger partial charge is 0.324 e. The van der Waals surface area contributed by atoms with Crippen LogP contribution in [-0.2, 0) is 19.7 Å². The van der Waals surface area contributed by atoms with Crippen molar-refractivity contribution in [2.75, 3.05) is 33.4 Å². The fourth-order valence-corrected chi connectivity index (χ4v) is 2.60. The highest BCUT2D eigenvalue weighted by Crippen LogP contribution is 2.12. The Balaban J connectivity index is 2.13. The Morgan fingerprint density at radius 1 is 1.53 bits per heavy atom. The van der Waals surface area contributed by atoms with E-state index in [9.17, 15) is 8.42 Å². The van der Waals surface area contributed by atoms with Gasteiger partial charge in [0.25, 0.3) is 0 Å². The van der Waals surface area contributed by atoms with E-state index in [0.29, 0.717) is 26.3 Å². The largest absolute Gasteiger partial charge is 0.481 e. The molecule has 1 unspecified atom stereocenters. The van der Waals surface area contributed by atoms with Crippen LogP contribution >= 0.6 is 0 Å². The lowest BCUT2D eigenvalue weighted by molar-refractivity contribution is 0.0245. The van der Waals surface area contributed by atoms with Crippen LogP contribution in [0.4, 0.5) is 0 Å². The maximum atomic E-state index is 11.2. The fourth-order valence-electron chi connectivity index (χ4n) is 1.60. The molecule has 2 aliphatic heterocycles. The molecule has 1 atom stereocenters. The number of ether oxygens (including phenoxy) is 2. The third kappa shape index (κ3) is 2.28. The van der Waals surface area contributed by atoms with E-state index in [1.54, 1.807) is 0 Å². The van der Waals surface area contributed by atoms with E-state index in [0.717, 1.165) is 0 Å². The highest BCUT2D eigenvalue weighted by molar-refractivity contribution is 7.88. The van der Waals surface area contributed by atoms with Gasteiger partial charge < -0.3 is 9.47 Å². The second-order valence-electron chi connectivity index (χ2n) is 3.28. The standard InChI is InChI=1S/C7H13N3O4S/c1-13-7-6(8-15(11,12)9-7)10-2-4-14-5-3-10/h6,8H,2-5H2,1H3. The molecule has 15 heavy (non-hydrogen) atoms. The average Bonchev–Trinajstić information content (AvgIpc) is 2.55. The van der Waals surface area contributed by atoms with Gasteiger partial charge in [0.2, 0.25) is 5.90 Å². The summed E-state index contributed by atoms with van der Waals surface area (Å²) in [5.74, 6) is 0.192. The van der Waals surface area contributed by atoms with E-state index in [1.165, 1.54) is 7.11 Å². The van der Waals surface area contributed by atoms with E-state index in [1.807, 2.05) is 4.90 Å².